The number of carbonyl (C=O) groups is 4. The monoisotopic (exact) mass is 858 g/mol. The van der Waals surface area contributed by atoms with Crippen molar-refractivity contribution >= 4 is 77.6 Å². The third-order valence-corrected chi connectivity index (χ3v) is 12.4. The van der Waals surface area contributed by atoms with Crippen LogP contribution >= 0.6 is 23.5 Å². The molecule has 0 unspecified atom stereocenters. The van der Waals surface area contributed by atoms with Gasteiger partial charge in [0, 0.05) is 47.3 Å². The van der Waals surface area contributed by atoms with Crippen molar-refractivity contribution < 1.29 is 59.7 Å². The van der Waals surface area contributed by atoms with Crippen molar-refractivity contribution in [3.63, 3.8) is 0 Å². The van der Waals surface area contributed by atoms with Gasteiger partial charge in [-0.15, -0.1) is 0 Å². The van der Waals surface area contributed by atoms with E-state index in [-0.39, 0.29) is 50.4 Å². The van der Waals surface area contributed by atoms with Gasteiger partial charge >= 0.3 is 5.97 Å². The zero-order valence-corrected chi connectivity index (χ0v) is 33.9. The van der Waals surface area contributed by atoms with Gasteiger partial charge in [-0.1, -0.05) is 11.8 Å². The Balaban J connectivity index is 0.000000219. The molecule has 2 aliphatic heterocycles. The number of sulfonamides is 2. The fraction of sp³-hybridized carbons (Fsp3) is 0.263. The van der Waals surface area contributed by atoms with Gasteiger partial charge in [-0.25, -0.2) is 16.8 Å². The fourth-order valence-corrected chi connectivity index (χ4v) is 8.47. The number of Topliss-reactive ketones (excluding diaryl/α,β-unsaturated/α-hetero) is 2. The van der Waals surface area contributed by atoms with Crippen molar-refractivity contribution in [3.05, 3.63) is 96.1 Å². The predicted molar refractivity (Wildman–Crippen MR) is 215 cm³/mol. The Morgan fingerprint density at radius 2 is 1.04 bits per heavy atom. The lowest BCUT2D eigenvalue weighted by Crippen LogP contribution is -2.17. The number of rotatable bonds is 15. The third-order valence-electron chi connectivity index (χ3n) is 7.88. The molecule has 0 spiro atoms. The van der Waals surface area contributed by atoms with Gasteiger partial charge in [0.15, 0.2) is 39.7 Å². The molecule has 6 rings (SSSR count). The van der Waals surface area contributed by atoms with E-state index in [1.165, 1.54) is 86.5 Å². The lowest BCUT2D eigenvalue weighted by Gasteiger charge is -2.19. The molecule has 4 aromatic rings. The summed E-state index contributed by atoms with van der Waals surface area (Å²) in [5.74, 6) is 1.93. The first-order valence-electron chi connectivity index (χ1n) is 17.1. The second kappa shape index (κ2) is 19.8. The summed E-state index contributed by atoms with van der Waals surface area (Å²) < 4.78 is 81.5. The summed E-state index contributed by atoms with van der Waals surface area (Å²) in [6.07, 6.45) is 0.245. The number of esters is 1. The predicted octanol–water partition coefficient (Wildman–Crippen LogP) is 5.46. The first kappa shape index (κ1) is 42.9. The van der Waals surface area contributed by atoms with E-state index in [0.29, 0.717) is 77.7 Å². The first-order chi connectivity index (χ1) is 27.2. The molecule has 0 saturated heterocycles. The van der Waals surface area contributed by atoms with E-state index in [4.69, 9.17) is 18.9 Å². The van der Waals surface area contributed by atoms with Crippen molar-refractivity contribution in [1.29, 1.82) is 0 Å². The van der Waals surface area contributed by atoms with Gasteiger partial charge in [-0.2, -0.15) is 11.8 Å². The summed E-state index contributed by atoms with van der Waals surface area (Å²) in [4.78, 5) is 46.3. The molecule has 15 nitrogen and oxygen atoms in total. The molecular formula is C38H38N2O13S4. The Morgan fingerprint density at radius 1 is 0.614 bits per heavy atom. The third kappa shape index (κ3) is 12.4. The number of nitrogens with one attached hydrogen (secondary N) is 2. The Labute approximate surface area is 338 Å². The summed E-state index contributed by atoms with van der Waals surface area (Å²) in [7, 11) is -6.33. The number of anilines is 2. The standard InChI is InChI=1S/C20H21NO7S2.C18H17NO6S2/c1-26-20(23)8-11-29-13-17(22)14-2-4-15(5-3-14)21-30(24,25)16-6-7-18-19(12-16)28-10-9-27-18;1-12(20)26-11-16(21)13-2-4-14(5-3-13)19-27(22,23)15-6-7-17-18(10-15)25-9-8-24-17/h2-7,12,21H,8-11,13H2,1H3;2-7,10,19H,8-9,11H2,1H3. The minimum atomic E-state index is -3.83. The van der Waals surface area contributed by atoms with E-state index in [1.807, 2.05) is 0 Å². The lowest BCUT2D eigenvalue weighted by molar-refractivity contribution is -0.140. The van der Waals surface area contributed by atoms with Crippen LogP contribution in [0.2, 0.25) is 0 Å². The smallest absolute Gasteiger partial charge is 0.306 e. The van der Waals surface area contributed by atoms with E-state index >= 15 is 0 Å². The van der Waals surface area contributed by atoms with Crippen LogP contribution in [0.25, 0.3) is 0 Å². The maximum atomic E-state index is 12.6. The van der Waals surface area contributed by atoms with Crippen LogP contribution in [0.1, 0.15) is 34.1 Å². The number of benzene rings is 4. The number of fused-ring (bicyclic) bond motifs is 2. The van der Waals surface area contributed by atoms with Crippen molar-refractivity contribution in [3.8, 4) is 23.0 Å². The van der Waals surface area contributed by atoms with Gasteiger partial charge in [0.2, 0.25) is 0 Å². The highest BCUT2D eigenvalue weighted by Crippen LogP contribution is 2.34. The van der Waals surface area contributed by atoms with Crippen LogP contribution in [0.5, 0.6) is 23.0 Å². The molecule has 4 aromatic carbocycles. The highest BCUT2D eigenvalue weighted by atomic mass is 32.2. The highest BCUT2D eigenvalue weighted by Gasteiger charge is 2.21. The van der Waals surface area contributed by atoms with Gasteiger partial charge in [0.05, 0.1) is 34.8 Å². The van der Waals surface area contributed by atoms with Crippen LogP contribution < -0.4 is 28.4 Å². The summed E-state index contributed by atoms with van der Waals surface area (Å²) in [6, 6.07) is 21.0. The molecule has 0 atom stereocenters. The van der Waals surface area contributed by atoms with Crippen LogP contribution in [0.4, 0.5) is 11.4 Å². The number of carbonyl (C=O) groups excluding carboxylic acids is 4. The van der Waals surface area contributed by atoms with E-state index < -0.39 is 20.0 Å². The molecule has 0 radical (unpaired) electrons. The van der Waals surface area contributed by atoms with Crippen molar-refractivity contribution in [2.24, 2.45) is 0 Å². The first-order valence-corrected chi connectivity index (χ1v) is 22.2. The number of hydrogen-bond acceptors (Lipinski definition) is 15. The molecule has 0 amide bonds. The minimum Gasteiger partial charge on any atom is -0.486 e. The molecule has 0 saturated carbocycles. The second-order valence-corrected chi connectivity index (χ2v) is 17.6. The topological polar surface area (TPSA) is 207 Å². The van der Waals surface area contributed by atoms with Crippen molar-refractivity contribution in [2.75, 3.05) is 60.2 Å². The van der Waals surface area contributed by atoms with Crippen LogP contribution in [0.3, 0.4) is 0 Å². The van der Waals surface area contributed by atoms with E-state index in [0.717, 1.165) is 11.8 Å². The number of ether oxygens (including phenoxy) is 5. The average molecular weight is 859 g/mol. The van der Waals surface area contributed by atoms with Gasteiger partial charge in [0.1, 0.15) is 26.4 Å². The second-order valence-electron chi connectivity index (χ2n) is 12.0. The maximum Gasteiger partial charge on any atom is 0.306 e. The Bertz CT molecular complexity index is 2320. The SMILES string of the molecule is CC(=O)SCC(=O)c1ccc(NS(=O)(=O)c2ccc3c(c2)OCCO3)cc1.COC(=O)CCSCC(=O)c1ccc(NS(=O)(=O)c2ccc3c(c2)OCCO3)cc1. The van der Waals surface area contributed by atoms with E-state index in [1.54, 1.807) is 24.3 Å². The van der Waals surface area contributed by atoms with Crippen LogP contribution in [-0.4, -0.2) is 90.3 Å². The normalized spacial score (nSPS) is 12.9. The molecule has 57 heavy (non-hydrogen) atoms. The largest absolute Gasteiger partial charge is 0.486 e. The highest BCUT2D eigenvalue weighted by molar-refractivity contribution is 8.14. The average Bonchev–Trinajstić information content (AvgIpc) is 3.21. The Morgan fingerprint density at radius 3 is 1.46 bits per heavy atom. The number of hydrogen-bond donors (Lipinski definition) is 2. The zero-order chi connectivity index (χ0) is 41.0. The summed E-state index contributed by atoms with van der Waals surface area (Å²) in [5.41, 5.74) is 1.52. The van der Waals surface area contributed by atoms with Crippen molar-refractivity contribution in [1.82, 2.24) is 0 Å². The number of thioether (sulfide) groups is 2. The van der Waals surface area contributed by atoms with E-state index in [2.05, 4.69) is 14.2 Å². The molecule has 0 bridgehead atoms. The quantitative estimate of drug-likeness (QED) is 0.0865. The van der Waals surface area contributed by atoms with Gasteiger partial charge in [0.25, 0.3) is 20.0 Å². The zero-order valence-electron chi connectivity index (χ0n) is 30.7. The molecule has 19 heteroatoms. The molecule has 0 aromatic heterocycles. The van der Waals surface area contributed by atoms with Gasteiger partial charge in [-0.3, -0.25) is 28.6 Å². The molecule has 2 aliphatic rings. The molecule has 2 heterocycles. The van der Waals surface area contributed by atoms with Crippen LogP contribution in [-0.2, 0) is 34.4 Å². The van der Waals surface area contributed by atoms with Gasteiger partial charge < -0.3 is 23.7 Å². The fourth-order valence-electron chi connectivity index (χ4n) is 5.01. The number of ketones is 2. The maximum absolute atomic E-state index is 12.6. The van der Waals surface area contributed by atoms with Gasteiger partial charge in [-0.05, 0) is 72.8 Å². The molecular weight excluding hydrogens is 821 g/mol. The van der Waals surface area contributed by atoms with E-state index in [9.17, 15) is 36.0 Å². The van der Waals surface area contributed by atoms with Crippen molar-refractivity contribution in [2.45, 2.75) is 23.1 Å². The lowest BCUT2D eigenvalue weighted by atomic mass is 10.1. The molecule has 0 fully saturated rings. The summed E-state index contributed by atoms with van der Waals surface area (Å²) in [6.45, 7) is 2.97. The Kier molecular flexibility index (Phi) is 14.9. The van der Waals surface area contributed by atoms with Crippen LogP contribution in [0, 0.1) is 0 Å². The van der Waals surface area contributed by atoms with Crippen LogP contribution in [0.15, 0.2) is 94.7 Å². The Hall–Kier alpha value is -5.24. The molecule has 302 valence electrons. The summed E-state index contributed by atoms with van der Waals surface area (Å²) in [5, 5.41) is -0.132. The molecule has 2 N–H and O–H groups in total. The summed E-state index contributed by atoms with van der Waals surface area (Å²) >= 11 is 2.27. The molecule has 0 aliphatic carbocycles. The minimum absolute atomic E-state index is 0.0461. The number of methoxy groups -OCH3 is 1.